The number of hydrogen-bond acceptors (Lipinski definition) is 9. The van der Waals surface area contributed by atoms with Crippen molar-refractivity contribution in [1.29, 1.82) is 0 Å². The molecule has 0 aliphatic rings. The number of halogens is 3. The molecule has 0 radical (unpaired) electrons. The third kappa shape index (κ3) is 5.12. The average molecular weight is 603 g/mol. The SMILES string of the molecule is CSc1nc(Cl)c2c(-c3ccccc3Cl)[nH]nc2n1.CSc1nc(N)c2c(-c3ccccc3Cl)[nH]nc2n1. The van der Waals surface area contributed by atoms with Gasteiger partial charge in [0, 0.05) is 21.2 Å². The van der Waals surface area contributed by atoms with Gasteiger partial charge in [0.2, 0.25) is 0 Å². The fraction of sp³-hybridized carbons (Fsp3) is 0.0833. The highest BCUT2D eigenvalue weighted by atomic mass is 35.5. The number of fused-ring (bicyclic) bond motifs is 2. The van der Waals surface area contributed by atoms with Crippen LogP contribution in [0.5, 0.6) is 0 Å². The van der Waals surface area contributed by atoms with Crippen molar-refractivity contribution in [3.05, 3.63) is 63.7 Å². The van der Waals surface area contributed by atoms with E-state index in [9.17, 15) is 0 Å². The summed E-state index contributed by atoms with van der Waals surface area (Å²) in [4.78, 5) is 17.1. The van der Waals surface area contributed by atoms with Gasteiger partial charge in [-0.3, -0.25) is 10.2 Å². The van der Waals surface area contributed by atoms with E-state index in [4.69, 9.17) is 40.5 Å². The van der Waals surface area contributed by atoms with E-state index in [0.717, 1.165) is 22.5 Å². The van der Waals surface area contributed by atoms with Gasteiger partial charge in [0.25, 0.3) is 0 Å². The first-order valence-electron chi connectivity index (χ1n) is 10.9. The van der Waals surface area contributed by atoms with Crippen LogP contribution in [0, 0.1) is 0 Å². The number of rotatable bonds is 4. The Kier molecular flexibility index (Phi) is 7.91. The predicted octanol–water partition coefficient (Wildman–Crippen LogP) is 7.03. The van der Waals surface area contributed by atoms with E-state index < -0.39 is 0 Å². The number of anilines is 1. The van der Waals surface area contributed by atoms with E-state index >= 15 is 0 Å². The first kappa shape index (κ1) is 26.5. The molecule has 38 heavy (non-hydrogen) atoms. The van der Waals surface area contributed by atoms with Gasteiger partial charge in [-0.1, -0.05) is 94.7 Å². The zero-order chi connectivity index (χ0) is 26.8. The molecule has 9 nitrogen and oxygen atoms in total. The molecule has 192 valence electrons. The summed E-state index contributed by atoms with van der Waals surface area (Å²) in [7, 11) is 0. The Hall–Kier alpha value is -3.09. The molecule has 0 unspecified atom stereocenters. The van der Waals surface area contributed by atoms with E-state index in [1.807, 2.05) is 61.0 Å². The lowest BCUT2D eigenvalue weighted by molar-refractivity contribution is 0.985. The van der Waals surface area contributed by atoms with Gasteiger partial charge in [-0.2, -0.15) is 10.2 Å². The van der Waals surface area contributed by atoms with Crippen LogP contribution in [-0.2, 0) is 0 Å². The van der Waals surface area contributed by atoms with Crippen LogP contribution in [0.15, 0.2) is 58.8 Å². The molecule has 0 saturated carbocycles. The van der Waals surface area contributed by atoms with Crippen LogP contribution in [0.2, 0.25) is 15.2 Å². The number of nitrogen functional groups attached to an aromatic ring is 1. The van der Waals surface area contributed by atoms with Crippen molar-refractivity contribution in [3.63, 3.8) is 0 Å². The Morgan fingerprint density at radius 3 is 1.66 bits per heavy atom. The van der Waals surface area contributed by atoms with E-state index in [1.165, 1.54) is 23.5 Å². The minimum Gasteiger partial charge on any atom is -0.383 e. The highest BCUT2D eigenvalue weighted by Crippen LogP contribution is 2.35. The normalized spacial score (nSPS) is 11.1. The maximum Gasteiger partial charge on any atom is 0.191 e. The van der Waals surface area contributed by atoms with E-state index in [2.05, 4.69) is 40.3 Å². The standard InChI is InChI=1S/C12H8Cl2N4S.C12H10ClN5S/c2*1-19-12-15-10(14)8-9(17-18-11(8)16-12)6-4-2-3-5-7(6)13/h2-5H,1H3,(H,15,16,17,18);2-5H,1H3,(H3,14,15,16,17,18). The molecule has 6 aromatic rings. The van der Waals surface area contributed by atoms with Gasteiger partial charge < -0.3 is 5.73 Å². The lowest BCUT2D eigenvalue weighted by atomic mass is 10.1. The van der Waals surface area contributed by atoms with Gasteiger partial charge in [-0.05, 0) is 24.6 Å². The van der Waals surface area contributed by atoms with Gasteiger partial charge in [0.15, 0.2) is 21.6 Å². The molecule has 2 aromatic carbocycles. The van der Waals surface area contributed by atoms with Crippen LogP contribution in [0.3, 0.4) is 0 Å². The summed E-state index contributed by atoms with van der Waals surface area (Å²) in [5, 5.41) is 18.4. The molecule has 6 rings (SSSR count). The first-order valence-corrected chi connectivity index (χ1v) is 14.5. The lowest BCUT2D eigenvalue weighted by Crippen LogP contribution is -1.96. The van der Waals surface area contributed by atoms with Gasteiger partial charge >= 0.3 is 0 Å². The topological polar surface area (TPSA) is 135 Å². The molecule has 4 aromatic heterocycles. The average Bonchev–Trinajstić information content (AvgIpc) is 3.55. The van der Waals surface area contributed by atoms with Crippen LogP contribution in [0.25, 0.3) is 44.6 Å². The summed E-state index contributed by atoms with van der Waals surface area (Å²) >= 11 is 21.5. The van der Waals surface area contributed by atoms with Crippen LogP contribution >= 0.6 is 58.3 Å². The molecule has 4 heterocycles. The molecule has 0 spiro atoms. The molecule has 0 atom stereocenters. The van der Waals surface area contributed by atoms with Crippen LogP contribution in [0.1, 0.15) is 0 Å². The van der Waals surface area contributed by atoms with Gasteiger partial charge in [0.1, 0.15) is 11.0 Å². The predicted molar refractivity (Wildman–Crippen MR) is 157 cm³/mol. The summed E-state index contributed by atoms with van der Waals surface area (Å²) in [5.41, 5.74) is 10.2. The Morgan fingerprint density at radius 1 is 0.658 bits per heavy atom. The number of hydrogen-bond donors (Lipinski definition) is 3. The van der Waals surface area contributed by atoms with E-state index in [0.29, 0.717) is 53.4 Å². The number of nitrogens with one attached hydrogen (secondary N) is 2. The zero-order valence-electron chi connectivity index (χ0n) is 19.8. The maximum absolute atomic E-state index is 6.22. The van der Waals surface area contributed by atoms with E-state index in [-0.39, 0.29) is 0 Å². The molecule has 0 bridgehead atoms. The third-order valence-electron chi connectivity index (χ3n) is 5.42. The fourth-order valence-corrected chi connectivity index (χ4v) is 5.19. The van der Waals surface area contributed by atoms with Crippen molar-refractivity contribution in [2.45, 2.75) is 10.3 Å². The molecule has 0 aliphatic heterocycles. The van der Waals surface area contributed by atoms with Crippen LogP contribution < -0.4 is 5.73 Å². The summed E-state index contributed by atoms with van der Waals surface area (Å²) in [6, 6.07) is 15.0. The van der Waals surface area contributed by atoms with Gasteiger partial charge in [0.05, 0.1) is 22.2 Å². The monoisotopic (exact) mass is 601 g/mol. The van der Waals surface area contributed by atoms with Crippen LogP contribution in [-0.4, -0.2) is 52.8 Å². The van der Waals surface area contributed by atoms with Crippen molar-refractivity contribution in [2.24, 2.45) is 0 Å². The molecule has 0 fully saturated rings. The summed E-state index contributed by atoms with van der Waals surface area (Å²) in [5.74, 6) is 0.401. The molecule has 0 aliphatic carbocycles. The zero-order valence-corrected chi connectivity index (χ0v) is 23.7. The number of aromatic nitrogens is 8. The number of nitrogens with two attached hydrogens (primary N) is 1. The Balaban J connectivity index is 0.000000155. The molecular weight excluding hydrogens is 585 g/mol. The second kappa shape index (κ2) is 11.3. The van der Waals surface area contributed by atoms with Crippen molar-refractivity contribution in [3.8, 4) is 22.5 Å². The van der Waals surface area contributed by atoms with Gasteiger partial charge in [-0.25, -0.2) is 19.9 Å². The quantitative estimate of drug-likeness (QED) is 0.110. The largest absolute Gasteiger partial charge is 0.383 e. The molecule has 0 saturated heterocycles. The molecule has 14 heteroatoms. The second-order valence-corrected chi connectivity index (χ2v) is 10.4. The lowest BCUT2D eigenvalue weighted by Gasteiger charge is -2.03. The number of benzene rings is 2. The van der Waals surface area contributed by atoms with E-state index in [1.54, 1.807) is 0 Å². The summed E-state index contributed by atoms with van der Waals surface area (Å²) < 4.78 is 0. The number of aromatic amines is 2. The number of H-pyrrole nitrogens is 2. The van der Waals surface area contributed by atoms with Crippen molar-refractivity contribution >= 4 is 86.2 Å². The maximum atomic E-state index is 6.22. The third-order valence-corrected chi connectivity index (χ3v) is 7.45. The smallest absolute Gasteiger partial charge is 0.191 e. The molecular formula is C24H18Cl3N9S2. The Morgan fingerprint density at radius 2 is 1.13 bits per heavy atom. The Labute approximate surface area is 240 Å². The van der Waals surface area contributed by atoms with Crippen molar-refractivity contribution < 1.29 is 0 Å². The molecule has 4 N–H and O–H groups in total. The highest BCUT2D eigenvalue weighted by Gasteiger charge is 2.17. The Bertz CT molecular complexity index is 1640. The van der Waals surface area contributed by atoms with Crippen molar-refractivity contribution in [1.82, 2.24) is 40.3 Å². The van der Waals surface area contributed by atoms with Crippen molar-refractivity contribution in [2.75, 3.05) is 18.2 Å². The fourth-order valence-electron chi connectivity index (χ4n) is 3.70. The number of nitrogens with zero attached hydrogens (tertiary/aromatic N) is 6. The molecule has 0 amide bonds. The summed E-state index contributed by atoms with van der Waals surface area (Å²) in [6.07, 6.45) is 3.78. The summed E-state index contributed by atoms with van der Waals surface area (Å²) in [6.45, 7) is 0. The minimum atomic E-state index is 0.373. The number of thioether (sulfide) groups is 2. The second-order valence-electron chi connectivity index (χ2n) is 7.65. The van der Waals surface area contributed by atoms with Crippen LogP contribution in [0.4, 0.5) is 5.82 Å². The first-order chi connectivity index (χ1) is 18.4. The van der Waals surface area contributed by atoms with Gasteiger partial charge in [-0.15, -0.1) is 0 Å². The minimum absolute atomic E-state index is 0.373. The highest BCUT2D eigenvalue weighted by molar-refractivity contribution is 7.98.